The van der Waals surface area contributed by atoms with Crippen molar-refractivity contribution >= 4 is 23.4 Å². The summed E-state index contributed by atoms with van der Waals surface area (Å²) in [5, 5.41) is 5.13. The molecule has 1 aromatic rings. The number of pyridine rings is 1. The summed E-state index contributed by atoms with van der Waals surface area (Å²) >= 11 is 5.72. The molecular weight excluding hydrogens is 230 g/mol. The smallest absolute Gasteiger partial charge is 0.254 e. The molecule has 0 aliphatic carbocycles. The third-order valence-electron chi connectivity index (χ3n) is 1.79. The molecule has 0 fully saturated rings. The number of amides is 2. The Morgan fingerprint density at radius 1 is 1.44 bits per heavy atom. The van der Waals surface area contributed by atoms with Crippen LogP contribution in [0.2, 0.25) is 5.15 Å². The van der Waals surface area contributed by atoms with Gasteiger partial charge in [-0.15, -0.1) is 0 Å². The van der Waals surface area contributed by atoms with Crippen LogP contribution in [0.4, 0.5) is 0 Å². The average molecular weight is 242 g/mol. The molecular formula is C10H12ClN3O2. The molecule has 86 valence electrons. The molecule has 5 nitrogen and oxygen atoms in total. The second kappa shape index (κ2) is 6.07. The number of nitrogens with zero attached hydrogens (tertiary/aromatic N) is 1. The Morgan fingerprint density at radius 2 is 2.19 bits per heavy atom. The largest absolute Gasteiger partial charge is 0.355 e. The van der Waals surface area contributed by atoms with E-state index in [0.717, 1.165) is 0 Å². The number of rotatable bonds is 4. The molecule has 0 radical (unpaired) electrons. The van der Waals surface area contributed by atoms with E-state index >= 15 is 0 Å². The van der Waals surface area contributed by atoms with Crippen molar-refractivity contribution in [1.29, 1.82) is 0 Å². The number of carbonyl (C=O) groups is 2. The predicted molar refractivity (Wildman–Crippen MR) is 60.3 cm³/mol. The van der Waals surface area contributed by atoms with Gasteiger partial charge in [-0.25, -0.2) is 4.98 Å². The fourth-order valence-corrected chi connectivity index (χ4v) is 1.28. The van der Waals surface area contributed by atoms with Crippen molar-refractivity contribution in [3.05, 3.63) is 29.0 Å². The number of halogens is 1. The molecule has 0 saturated carbocycles. The minimum atomic E-state index is -0.413. The molecule has 1 aromatic heterocycles. The third-order valence-corrected chi connectivity index (χ3v) is 2.09. The van der Waals surface area contributed by atoms with Crippen molar-refractivity contribution in [1.82, 2.24) is 15.6 Å². The number of likely N-dealkylation sites (N-methyl/N-ethyl adjacent to an activating group) is 1. The SMILES string of the molecule is CCNC(=O)CNC(=O)c1cccnc1Cl. The first-order valence-corrected chi connectivity index (χ1v) is 5.18. The molecule has 0 saturated heterocycles. The lowest BCUT2D eigenvalue weighted by atomic mass is 10.2. The van der Waals surface area contributed by atoms with Crippen molar-refractivity contribution in [3.63, 3.8) is 0 Å². The minimum absolute atomic E-state index is 0.0715. The van der Waals surface area contributed by atoms with E-state index in [2.05, 4.69) is 15.6 Å². The van der Waals surface area contributed by atoms with E-state index in [0.29, 0.717) is 6.54 Å². The van der Waals surface area contributed by atoms with Crippen molar-refractivity contribution < 1.29 is 9.59 Å². The van der Waals surface area contributed by atoms with E-state index in [-0.39, 0.29) is 23.2 Å². The van der Waals surface area contributed by atoms with E-state index in [4.69, 9.17) is 11.6 Å². The molecule has 0 spiro atoms. The van der Waals surface area contributed by atoms with Gasteiger partial charge < -0.3 is 10.6 Å². The van der Waals surface area contributed by atoms with Gasteiger partial charge in [0.15, 0.2) is 0 Å². The van der Waals surface area contributed by atoms with Crippen LogP contribution in [0.5, 0.6) is 0 Å². The van der Waals surface area contributed by atoms with E-state index in [1.165, 1.54) is 6.20 Å². The predicted octanol–water partition coefficient (Wildman–Crippen LogP) is 0.601. The molecule has 1 heterocycles. The number of aromatic nitrogens is 1. The van der Waals surface area contributed by atoms with E-state index in [1.54, 1.807) is 19.1 Å². The van der Waals surface area contributed by atoms with Crippen molar-refractivity contribution in [3.8, 4) is 0 Å². The summed E-state index contributed by atoms with van der Waals surface area (Å²) in [6.07, 6.45) is 1.49. The summed E-state index contributed by atoms with van der Waals surface area (Å²) in [7, 11) is 0. The summed E-state index contributed by atoms with van der Waals surface area (Å²) < 4.78 is 0. The van der Waals surface area contributed by atoms with Crippen LogP contribution in [-0.4, -0.2) is 29.9 Å². The zero-order valence-electron chi connectivity index (χ0n) is 8.79. The Bertz CT molecular complexity index is 395. The molecule has 0 aliphatic heterocycles. The lowest BCUT2D eigenvalue weighted by Gasteiger charge is -2.05. The van der Waals surface area contributed by atoms with Crippen LogP contribution in [0.25, 0.3) is 0 Å². The first kappa shape index (κ1) is 12.4. The molecule has 2 N–H and O–H groups in total. The van der Waals surface area contributed by atoms with Crippen LogP contribution in [0.15, 0.2) is 18.3 Å². The highest BCUT2D eigenvalue weighted by Gasteiger charge is 2.11. The number of carbonyl (C=O) groups excluding carboxylic acids is 2. The van der Waals surface area contributed by atoms with E-state index in [1.807, 2.05) is 0 Å². The number of nitrogens with one attached hydrogen (secondary N) is 2. The van der Waals surface area contributed by atoms with Gasteiger partial charge in [0.1, 0.15) is 5.15 Å². The normalized spacial score (nSPS) is 9.62. The highest BCUT2D eigenvalue weighted by atomic mass is 35.5. The zero-order chi connectivity index (χ0) is 12.0. The van der Waals surface area contributed by atoms with Gasteiger partial charge in [0, 0.05) is 12.7 Å². The standard InChI is InChI=1S/C10H12ClN3O2/c1-2-12-8(15)6-14-10(16)7-4-3-5-13-9(7)11/h3-5H,2,6H2,1H3,(H,12,15)(H,14,16). The van der Waals surface area contributed by atoms with E-state index < -0.39 is 5.91 Å². The number of hydrogen-bond acceptors (Lipinski definition) is 3. The van der Waals surface area contributed by atoms with Gasteiger partial charge in [0.05, 0.1) is 12.1 Å². The summed E-state index contributed by atoms with van der Waals surface area (Å²) in [6.45, 7) is 2.26. The zero-order valence-corrected chi connectivity index (χ0v) is 9.54. The van der Waals surface area contributed by atoms with Crippen LogP contribution < -0.4 is 10.6 Å². The maximum absolute atomic E-state index is 11.6. The quantitative estimate of drug-likeness (QED) is 0.759. The summed E-state index contributed by atoms with van der Waals surface area (Å²) in [5.41, 5.74) is 0.258. The Hall–Kier alpha value is -1.62. The van der Waals surface area contributed by atoms with Crippen molar-refractivity contribution in [2.45, 2.75) is 6.92 Å². The third kappa shape index (κ3) is 3.51. The van der Waals surface area contributed by atoms with Crippen LogP contribution in [0, 0.1) is 0 Å². The Morgan fingerprint density at radius 3 is 2.81 bits per heavy atom. The maximum Gasteiger partial charge on any atom is 0.254 e. The first-order chi connectivity index (χ1) is 7.65. The lowest BCUT2D eigenvalue weighted by molar-refractivity contribution is -0.120. The first-order valence-electron chi connectivity index (χ1n) is 4.80. The highest BCUT2D eigenvalue weighted by molar-refractivity contribution is 6.32. The van der Waals surface area contributed by atoms with Crippen molar-refractivity contribution in [2.24, 2.45) is 0 Å². The van der Waals surface area contributed by atoms with Gasteiger partial charge in [0.25, 0.3) is 5.91 Å². The van der Waals surface area contributed by atoms with Crippen LogP contribution >= 0.6 is 11.6 Å². The van der Waals surface area contributed by atoms with Crippen LogP contribution in [-0.2, 0) is 4.79 Å². The molecule has 0 bridgehead atoms. The van der Waals surface area contributed by atoms with Gasteiger partial charge in [-0.2, -0.15) is 0 Å². The monoisotopic (exact) mass is 241 g/mol. The molecule has 1 rings (SSSR count). The Kier molecular flexibility index (Phi) is 4.72. The highest BCUT2D eigenvalue weighted by Crippen LogP contribution is 2.10. The summed E-state index contributed by atoms with van der Waals surface area (Å²) in [6, 6.07) is 3.15. The molecule has 0 aliphatic rings. The van der Waals surface area contributed by atoms with Crippen LogP contribution in [0.3, 0.4) is 0 Å². The molecule has 0 atom stereocenters. The fourth-order valence-electron chi connectivity index (χ4n) is 1.07. The minimum Gasteiger partial charge on any atom is -0.355 e. The lowest BCUT2D eigenvalue weighted by Crippen LogP contribution is -2.36. The summed E-state index contributed by atoms with van der Waals surface area (Å²) in [4.78, 5) is 26.4. The Balaban J connectivity index is 2.54. The summed E-state index contributed by atoms with van der Waals surface area (Å²) in [5.74, 6) is -0.653. The molecule has 2 amide bonds. The second-order valence-corrected chi connectivity index (χ2v) is 3.34. The fraction of sp³-hybridized carbons (Fsp3) is 0.300. The molecule has 0 aromatic carbocycles. The number of hydrogen-bond donors (Lipinski definition) is 2. The van der Waals surface area contributed by atoms with Crippen molar-refractivity contribution in [2.75, 3.05) is 13.1 Å². The van der Waals surface area contributed by atoms with Gasteiger partial charge in [0.2, 0.25) is 5.91 Å². The Labute approximate surface area is 98.2 Å². The maximum atomic E-state index is 11.6. The van der Waals surface area contributed by atoms with Crippen LogP contribution in [0.1, 0.15) is 17.3 Å². The van der Waals surface area contributed by atoms with E-state index in [9.17, 15) is 9.59 Å². The van der Waals surface area contributed by atoms with Gasteiger partial charge >= 0.3 is 0 Å². The average Bonchev–Trinajstić information content (AvgIpc) is 2.27. The topological polar surface area (TPSA) is 71.1 Å². The van der Waals surface area contributed by atoms with Gasteiger partial charge in [-0.1, -0.05) is 11.6 Å². The van der Waals surface area contributed by atoms with Gasteiger partial charge in [-0.05, 0) is 19.1 Å². The molecule has 0 unspecified atom stereocenters. The van der Waals surface area contributed by atoms with Gasteiger partial charge in [-0.3, -0.25) is 9.59 Å². The molecule has 16 heavy (non-hydrogen) atoms. The molecule has 6 heteroatoms. The second-order valence-electron chi connectivity index (χ2n) is 2.98.